The van der Waals surface area contributed by atoms with Gasteiger partial charge >= 0.3 is 0 Å². The molecule has 0 radical (unpaired) electrons. The van der Waals surface area contributed by atoms with Crippen LogP contribution < -0.4 is 5.73 Å². The summed E-state index contributed by atoms with van der Waals surface area (Å²) in [5.74, 6) is 0.816. The Hall–Kier alpha value is -0.920. The molecular formula is C10H15N5S2. The summed E-state index contributed by atoms with van der Waals surface area (Å²) < 4.78 is 7.02. The quantitative estimate of drug-likeness (QED) is 0.911. The van der Waals surface area contributed by atoms with Crippen molar-refractivity contribution in [2.75, 3.05) is 6.54 Å². The van der Waals surface area contributed by atoms with Crippen molar-refractivity contribution in [3.63, 3.8) is 0 Å². The highest BCUT2D eigenvalue weighted by Crippen LogP contribution is 2.32. The molecule has 5 nitrogen and oxygen atoms in total. The molecule has 0 spiro atoms. The monoisotopic (exact) mass is 269 g/mol. The Morgan fingerprint density at radius 1 is 1.41 bits per heavy atom. The van der Waals surface area contributed by atoms with Gasteiger partial charge in [0.05, 0.1) is 5.69 Å². The van der Waals surface area contributed by atoms with Crippen molar-refractivity contribution in [2.45, 2.75) is 29.6 Å². The first kappa shape index (κ1) is 12.5. The SMILES string of the molecule is Cc1nsc(Sc2c(CCN)c(C)nn2C)n1. The summed E-state index contributed by atoms with van der Waals surface area (Å²) in [5.41, 5.74) is 7.89. The highest BCUT2D eigenvalue weighted by Gasteiger charge is 2.15. The largest absolute Gasteiger partial charge is 0.330 e. The minimum Gasteiger partial charge on any atom is -0.330 e. The van der Waals surface area contributed by atoms with Crippen LogP contribution in [0, 0.1) is 13.8 Å². The van der Waals surface area contributed by atoms with Crippen LogP contribution in [-0.4, -0.2) is 25.7 Å². The summed E-state index contributed by atoms with van der Waals surface area (Å²) in [4.78, 5) is 4.36. The maximum absolute atomic E-state index is 5.63. The number of hydrogen-bond acceptors (Lipinski definition) is 6. The van der Waals surface area contributed by atoms with Crippen LogP contribution in [0.25, 0.3) is 0 Å². The van der Waals surface area contributed by atoms with E-state index in [9.17, 15) is 0 Å². The van der Waals surface area contributed by atoms with Crippen LogP contribution in [0.1, 0.15) is 17.1 Å². The van der Waals surface area contributed by atoms with E-state index in [1.165, 1.54) is 17.1 Å². The van der Waals surface area contributed by atoms with E-state index in [0.717, 1.165) is 27.3 Å². The van der Waals surface area contributed by atoms with Gasteiger partial charge in [-0.25, -0.2) is 4.98 Å². The van der Waals surface area contributed by atoms with Gasteiger partial charge in [0.1, 0.15) is 10.9 Å². The number of nitrogens with two attached hydrogens (primary N) is 1. The van der Waals surface area contributed by atoms with Gasteiger partial charge in [0.15, 0.2) is 4.34 Å². The lowest BCUT2D eigenvalue weighted by Crippen LogP contribution is -2.04. The van der Waals surface area contributed by atoms with Crippen LogP contribution in [0.15, 0.2) is 9.37 Å². The molecule has 0 unspecified atom stereocenters. The lowest BCUT2D eigenvalue weighted by molar-refractivity contribution is 0.688. The molecule has 2 aromatic heterocycles. The normalized spacial score (nSPS) is 11.1. The molecule has 2 N–H and O–H groups in total. The number of hydrogen-bond donors (Lipinski definition) is 1. The molecule has 0 aliphatic rings. The highest BCUT2D eigenvalue weighted by molar-refractivity contribution is 8.00. The van der Waals surface area contributed by atoms with Gasteiger partial charge in [-0.3, -0.25) is 4.68 Å². The highest BCUT2D eigenvalue weighted by atomic mass is 32.2. The molecular weight excluding hydrogens is 254 g/mol. The molecule has 0 aliphatic heterocycles. The van der Waals surface area contributed by atoms with Crippen molar-refractivity contribution >= 4 is 23.3 Å². The fourth-order valence-corrected chi connectivity index (χ4v) is 3.45. The molecule has 2 rings (SSSR count). The second-order valence-electron chi connectivity index (χ2n) is 3.74. The third-order valence-electron chi connectivity index (χ3n) is 2.38. The molecule has 0 fully saturated rings. The van der Waals surface area contributed by atoms with Crippen LogP contribution in [0.5, 0.6) is 0 Å². The molecule has 2 aromatic rings. The second kappa shape index (κ2) is 5.16. The molecule has 0 amide bonds. The Morgan fingerprint density at radius 3 is 2.76 bits per heavy atom. The molecule has 0 atom stereocenters. The van der Waals surface area contributed by atoms with E-state index in [0.29, 0.717) is 6.54 Å². The second-order valence-corrected chi connectivity index (χ2v) is 5.73. The van der Waals surface area contributed by atoms with Crippen LogP contribution in [0.4, 0.5) is 0 Å². The molecule has 92 valence electrons. The van der Waals surface area contributed by atoms with Crippen molar-refractivity contribution in [1.82, 2.24) is 19.1 Å². The first-order valence-corrected chi connectivity index (χ1v) is 6.91. The zero-order valence-electron chi connectivity index (χ0n) is 10.1. The molecule has 0 saturated carbocycles. The Labute approximate surface area is 109 Å². The number of aryl methyl sites for hydroxylation is 3. The fraction of sp³-hybridized carbons (Fsp3) is 0.500. The van der Waals surface area contributed by atoms with Crippen LogP contribution in [-0.2, 0) is 13.5 Å². The van der Waals surface area contributed by atoms with E-state index in [4.69, 9.17) is 5.73 Å². The van der Waals surface area contributed by atoms with Crippen molar-refractivity contribution in [3.8, 4) is 0 Å². The third-order valence-corrected chi connectivity index (χ3v) is 4.42. The minimum atomic E-state index is 0.634. The summed E-state index contributed by atoms with van der Waals surface area (Å²) >= 11 is 3.03. The van der Waals surface area contributed by atoms with Gasteiger partial charge in [-0.1, -0.05) is 0 Å². The number of nitrogens with zero attached hydrogens (tertiary/aromatic N) is 4. The van der Waals surface area contributed by atoms with E-state index >= 15 is 0 Å². The number of aromatic nitrogens is 4. The maximum Gasteiger partial charge on any atom is 0.176 e. The topological polar surface area (TPSA) is 69.6 Å². The molecule has 0 saturated heterocycles. The van der Waals surface area contributed by atoms with Gasteiger partial charge < -0.3 is 5.73 Å². The van der Waals surface area contributed by atoms with Crippen LogP contribution in [0.3, 0.4) is 0 Å². The summed E-state index contributed by atoms with van der Waals surface area (Å²) in [6.07, 6.45) is 0.847. The fourth-order valence-electron chi connectivity index (χ4n) is 1.64. The summed E-state index contributed by atoms with van der Waals surface area (Å²) in [5, 5.41) is 5.54. The predicted molar refractivity (Wildman–Crippen MR) is 69.5 cm³/mol. The molecule has 7 heteroatoms. The van der Waals surface area contributed by atoms with E-state index in [-0.39, 0.29) is 0 Å². The van der Waals surface area contributed by atoms with Gasteiger partial charge in [0.25, 0.3) is 0 Å². The lowest BCUT2D eigenvalue weighted by Gasteiger charge is -2.02. The average Bonchev–Trinajstić information content (AvgIpc) is 2.78. The van der Waals surface area contributed by atoms with Crippen LogP contribution in [0.2, 0.25) is 0 Å². The average molecular weight is 269 g/mol. The molecule has 0 aliphatic carbocycles. The molecule has 17 heavy (non-hydrogen) atoms. The minimum absolute atomic E-state index is 0.634. The van der Waals surface area contributed by atoms with Crippen molar-refractivity contribution < 1.29 is 0 Å². The van der Waals surface area contributed by atoms with E-state index in [1.54, 1.807) is 11.8 Å². The van der Waals surface area contributed by atoms with E-state index in [1.807, 2.05) is 25.6 Å². The predicted octanol–water partition coefficient (Wildman–Crippen LogP) is 1.54. The van der Waals surface area contributed by atoms with Crippen LogP contribution >= 0.6 is 23.3 Å². The molecule has 0 bridgehead atoms. The third kappa shape index (κ3) is 2.67. The summed E-state index contributed by atoms with van der Waals surface area (Å²) in [6, 6.07) is 0. The Morgan fingerprint density at radius 2 is 2.18 bits per heavy atom. The van der Waals surface area contributed by atoms with Gasteiger partial charge in [-0.15, -0.1) is 0 Å². The summed E-state index contributed by atoms with van der Waals surface area (Å²) in [6.45, 7) is 4.55. The first-order valence-electron chi connectivity index (χ1n) is 5.32. The van der Waals surface area contributed by atoms with E-state index < -0.39 is 0 Å². The number of rotatable bonds is 4. The zero-order chi connectivity index (χ0) is 12.4. The van der Waals surface area contributed by atoms with E-state index in [2.05, 4.69) is 14.5 Å². The van der Waals surface area contributed by atoms with Gasteiger partial charge in [0, 0.05) is 12.6 Å². The standard InChI is InChI=1S/C10H15N5S2/c1-6-8(4-5-11)9(15(3)13-6)16-10-12-7(2)14-17-10/h4-5,11H2,1-3H3. The van der Waals surface area contributed by atoms with Crippen molar-refractivity contribution in [1.29, 1.82) is 0 Å². The van der Waals surface area contributed by atoms with Crippen molar-refractivity contribution in [2.24, 2.45) is 12.8 Å². The van der Waals surface area contributed by atoms with Crippen molar-refractivity contribution in [3.05, 3.63) is 17.1 Å². The van der Waals surface area contributed by atoms with Gasteiger partial charge in [-0.2, -0.15) is 9.47 Å². The Balaban J connectivity index is 2.31. The lowest BCUT2D eigenvalue weighted by atomic mass is 10.2. The Bertz CT molecular complexity index is 517. The smallest absolute Gasteiger partial charge is 0.176 e. The molecule has 2 heterocycles. The van der Waals surface area contributed by atoms with Gasteiger partial charge in [0.2, 0.25) is 0 Å². The maximum atomic E-state index is 5.63. The van der Waals surface area contributed by atoms with Gasteiger partial charge in [-0.05, 0) is 50.1 Å². The Kier molecular flexibility index (Phi) is 3.80. The summed E-state index contributed by atoms with van der Waals surface area (Å²) in [7, 11) is 1.95. The first-order chi connectivity index (χ1) is 8.11. The zero-order valence-corrected chi connectivity index (χ0v) is 11.7. The molecule has 0 aromatic carbocycles.